The molecule has 5 heteroatoms. The van der Waals surface area contributed by atoms with Crippen LogP contribution in [0.4, 0.5) is 0 Å². The second kappa shape index (κ2) is 5.43. The minimum Gasteiger partial charge on any atom is -0.480 e. The lowest BCUT2D eigenvalue weighted by Crippen LogP contribution is -2.44. The molecule has 0 bridgehead atoms. The summed E-state index contributed by atoms with van der Waals surface area (Å²) in [6.45, 7) is 5.24. The number of aryl methyl sites for hydroxylation is 1. The largest absolute Gasteiger partial charge is 0.480 e. The molecule has 1 aromatic heterocycles. The van der Waals surface area contributed by atoms with E-state index in [4.69, 9.17) is 5.11 Å². The van der Waals surface area contributed by atoms with Crippen molar-refractivity contribution in [3.8, 4) is 0 Å². The molecule has 0 aliphatic rings. The SMILES string of the molecule is Cc1cccnc1C(=O)N[C@@H](C(=O)O)C(C)C. The molecule has 1 aromatic rings. The monoisotopic (exact) mass is 236 g/mol. The number of carboxylic acid groups (broad SMARTS) is 1. The maximum Gasteiger partial charge on any atom is 0.326 e. The van der Waals surface area contributed by atoms with Crippen LogP contribution in [0.2, 0.25) is 0 Å². The summed E-state index contributed by atoms with van der Waals surface area (Å²) < 4.78 is 0. The number of nitrogens with zero attached hydrogens (tertiary/aromatic N) is 1. The molecule has 0 saturated heterocycles. The van der Waals surface area contributed by atoms with Crippen LogP contribution < -0.4 is 5.32 Å². The number of carboxylic acids is 1. The van der Waals surface area contributed by atoms with Gasteiger partial charge in [-0.05, 0) is 24.5 Å². The highest BCUT2D eigenvalue weighted by atomic mass is 16.4. The van der Waals surface area contributed by atoms with Crippen LogP contribution in [-0.2, 0) is 4.79 Å². The first kappa shape index (κ1) is 13.2. The zero-order valence-electron chi connectivity index (χ0n) is 10.1. The van der Waals surface area contributed by atoms with Gasteiger partial charge in [-0.2, -0.15) is 0 Å². The first-order valence-corrected chi connectivity index (χ1v) is 5.38. The first-order valence-electron chi connectivity index (χ1n) is 5.38. The molecule has 0 spiro atoms. The van der Waals surface area contributed by atoms with Crippen molar-refractivity contribution in [3.63, 3.8) is 0 Å². The molecule has 1 rings (SSSR count). The van der Waals surface area contributed by atoms with E-state index in [2.05, 4.69) is 10.3 Å². The van der Waals surface area contributed by atoms with Gasteiger partial charge in [-0.1, -0.05) is 19.9 Å². The van der Waals surface area contributed by atoms with Gasteiger partial charge in [-0.3, -0.25) is 9.78 Å². The highest BCUT2D eigenvalue weighted by molar-refractivity contribution is 5.96. The molecule has 1 amide bonds. The second-order valence-electron chi connectivity index (χ2n) is 4.20. The lowest BCUT2D eigenvalue weighted by atomic mass is 10.0. The van der Waals surface area contributed by atoms with Gasteiger partial charge in [-0.25, -0.2) is 4.79 Å². The Morgan fingerprint density at radius 3 is 2.53 bits per heavy atom. The van der Waals surface area contributed by atoms with Crippen molar-refractivity contribution in [1.82, 2.24) is 10.3 Å². The van der Waals surface area contributed by atoms with Crippen LogP contribution in [0.1, 0.15) is 29.9 Å². The Morgan fingerprint density at radius 2 is 2.06 bits per heavy atom. The molecule has 0 aliphatic carbocycles. The number of aliphatic carboxylic acids is 1. The molecule has 17 heavy (non-hydrogen) atoms. The number of carbonyl (C=O) groups excluding carboxylic acids is 1. The van der Waals surface area contributed by atoms with Gasteiger partial charge in [0.2, 0.25) is 0 Å². The molecule has 1 atom stereocenters. The summed E-state index contributed by atoms with van der Waals surface area (Å²) >= 11 is 0. The summed E-state index contributed by atoms with van der Waals surface area (Å²) in [6, 6.07) is 2.58. The summed E-state index contributed by atoms with van der Waals surface area (Å²) in [5.41, 5.74) is 0.984. The number of rotatable bonds is 4. The number of hydrogen-bond acceptors (Lipinski definition) is 3. The molecule has 92 valence electrons. The predicted octanol–water partition coefficient (Wildman–Crippen LogP) is 1.23. The van der Waals surface area contributed by atoms with Crippen molar-refractivity contribution < 1.29 is 14.7 Å². The van der Waals surface area contributed by atoms with Crippen LogP contribution in [0.15, 0.2) is 18.3 Å². The van der Waals surface area contributed by atoms with Crippen LogP contribution in [0.25, 0.3) is 0 Å². The van der Waals surface area contributed by atoms with Crippen LogP contribution in [-0.4, -0.2) is 28.0 Å². The molecule has 0 aromatic carbocycles. The Labute approximate surface area is 99.9 Å². The fraction of sp³-hybridized carbons (Fsp3) is 0.417. The van der Waals surface area contributed by atoms with E-state index in [-0.39, 0.29) is 11.6 Å². The molecule has 0 unspecified atom stereocenters. The zero-order valence-corrected chi connectivity index (χ0v) is 10.1. The summed E-state index contributed by atoms with van der Waals surface area (Å²) in [7, 11) is 0. The highest BCUT2D eigenvalue weighted by Crippen LogP contribution is 2.06. The maximum atomic E-state index is 11.8. The molecule has 0 radical (unpaired) electrons. The van der Waals surface area contributed by atoms with E-state index in [0.29, 0.717) is 0 Å². The molecule has 0 fully saturated rings. The van der Waals surface area contributed by atoms with Crippen molar-refractivity contribution in [2.75, 3.05) is 0 Å². The van der Waals surface area contributed by atoms with Crippen LogP contribution in [0.3, 0.4) is 0 Å². The van der Waals surface area contributed by atoms with Gasteiger partial charge in [-0.15, -0.1) is 0 Å². The Bertz CT molecular complexity index is 430. The molecule has 0 aliphatic heterocycles. The number of amides is 1. The van der Waals surface area contributed by atoms with E-state index in [1.165, 1.54) is 6.20 Å². The minimum atomic E-state index is -1.04. The third kappa shape index (κ3) is 3.27. The van der Waals surface area contributed by atoms with Crippen LogP contribution >= 0.6 is 0 Å². The number of nitrogens with one attached hydrogen (secondary N) is 1. The van der Waals surface area contributed by atoms with Gasteiger partial charge in [0.15, 0.2) is 0 Å². The molecule has 0 saturated carbocycles. The first-order chi connectivity index (χ1) is 7.93. The van der Waals surface area contributed by atoms with Gasteiger partial charge < -0.3 is 10.4 Å². The minimum absolute atomic E-state index is 0.180. The maximum absolute atomic E-state index is 11.8. The third-order valence-electron chi connectivity index (χ3n) is 2.44. The molecule has 1 heterocycles. The number of aromatic nitrogens is 1. The molecular formula is C12H16N2O3. The standard InChI is InChI=1S/C12H16N2O3/c1-7(2)9(12(16)17)14-11(15)10-8(3)5-4-6-13-10/h4-7,9H,1-3H3,(H,14,15)(H,16,17)/t9-/m1/s1. The van der Waals surface area contributed by atoms with Crippen LogP contribution in [0, 0.1) is 12.8 Å². The predicted molar refractivity (Wildman–Crippen MR) is 62.7 cm³/mol. The summed E-state index contributed by atoms with van der Waals surface area (Å²) in [5, 5.41) is 11.4. The normalized spacial score (nSPS) is 12.2. The summed E-state index contributed by atoms with van der Waals surface area (Å²) in [4.78, 5) is 26.8. The van der Waals surface area contributed by atoms with Crippen molar-refractivity contribution in [2.45, 2.75) is 26.8 Å². The van der Waals surface area contributed by atoms with Gasteiger partial charge in [0.1, 0.15) is 11.7 Å². The van der Waals surface area contributed by atoms with E-state index in [0.717, 1.165) is 5.56 Å². The van der Waals surface area contributed by atoms with E-state index in [1.807, 2.05) is 0 Å². The van der Waals surface area contributed by atoms with Gasteiger partial charge in [0.05, 0.1) is 0 Å². The molecular weight excluding hydrogens is 220 g/mol. The fourth-order valence-electron chi connectivity index (χ4n) is 1.45. The lowest BCUT2D eigenvalue weighted by Gasteiger charge is -2.17. The van der Waals surface area contributed by atoms with Gasteiger partial charge >= 0.3 is 5.97 Å². The Morgan fingerprint density at radius 1 is 1.41 bits per heavy atom. The average Bonchev–Trinajstić information content (AvgIpc) is 2.25. The number of pyridine rings is 1. The number of carbonyl (C=O) groups is 2. The highest BCUT2D eigenvalue weighted by Gasteiger charge is 2.24. The summed E-state index contributed by atoms with van der Waals surface area (Å²) in [6.07, 6.45) is 1.51. The lowest BCUT2D eigenvalue weighted by molar-refractivity contribution is -0.140. The Balaban J connectivity index is 2.85. The van der Waals surface area contributed by atoms with Gasteiger partial charge in [0.25, 0.3) is 5.91 Å². The van der Waals surface area contributed by atoms with Crippen molar-refractivity contribution >= 4 is 11.9 Å². The fourth-order valence-corrected chi connectivity index (χ4v) is 1.45. The molecule has 2 N–H and O–H groups in total. The quantitative estimate of drug-likeness (QED) is 0.824. The van der Waals surface area contributed by atoms with E-state index in [1.54, 1.807) is 32.9 Å². The van der Waals surface area contributed by atoms with Crippen molar-refractivity contribution in [1.29, 1.82) is 0 Å². The number of hydrogen-bond donors (Lipinski definition) is 2. The van der Waals surface area contributed by atoms with Gasteiger partial charge in [0, 0.05) is 6.20 Å². The van der Waals surface area contributed by atoms with Crippen molar-refractivity contribution in [2.24, 2.45) is 5.92 Å². The second-order valence-corrected chi connectivity index (χ2v) is 4.20. The third-order valence-corrected chi connectivity index (χ3v) is 2.44. The topological polar surface area (TPSA) is 79.3 Å². The van der Waals surface area contributed by atoms with Crippen LogP contribution in [0.5, 0.6) is 0 Å². The summed E-state index contributed by atoms with van der Waals surface area (Å²) in [5.74, 6) is -1.67. The van der Waals surface area contributed by atoms with E-state index in [9.17, 15) is 9.59 Å². The Kier molecular flexibility index (Phi) is 4.20. The smallest absolute Gasteiger partial charge is 0.326 e. The zero-order chi connectivity index (χ0) is 13.0. The Hall–Kier alpha value is -1.91. The van der Waals surface area contributed by atoms with Crippen molar-refractivity contribution in [3.05, 3.63) is 29.6 Å². The van der Waals surface area contributed by atoms with E-state index < -0.39 is 17.9 Å². The average molecular weight is 236 g/mol. The molecule has 5 nitrogen and oxygen atoms in total. The van der Waals surface area contributed by atoms with E-state index >= 15 is 0 Å².